The number of nitrogens with zero attached hydrogens (tertiary/aromatic N) is 3. The van der Waals surface area contributed by atoms with Crippen molar-refractivity contribution in [2.24, 2.45) is 5.10 Å². The Labute approximate surface area is 197 Å². The van der Waals surface area contributed by atoms with Crippen molar-refractivity contribution in [3.63, 3.8) is 0 Å². The van der Waals surface area contributed by atoms with E-state index in [1.54, 1.807) is 42.5 Å². The van der Waals surface area contributed by atoms with Gasteiger partial charge in [0.2, 0.25) is 10.0 Å². The van der Waals surface area contributed by atoms with Crippen molar-refractivity contribution in [1.82, 2.24) is 9.99 Å². The zero-order valence-electron chi connectivity index (χ0n) is 17.7. The van der Waals surface area contributed by atoms with Crippen LogP contribution < -0.4 is 9.73 Å². The number of para-hydroxylation sites is 1. The maximum absolute atomic E-state index is 12.4. The highest BCUT2D eigenvalue weighted by Gasteiger charge is 2.20. The molecule has 1 heterocycles. The Bertz CT molecular complexity index is 1270. The van der Waals surface area contributed by atoms with Gasteiger partial charge in [-0.3, -0.25) is 9.10 Å². The number of hydrazone groups is 1. The molecule has 0 aliphatic carbocycles. The second-order valence-corrected chi connectivity index (χ2v) is 9.91. The third-order valence-corrected chi connectivity index (χ3v) is 6.42. The summed E-state index contributed by atoms with van der Waals surface area (Å²) >= 11 is 12.3. The number of hydrogen-bond acceptors (Lipinski definition) is 4. The molecule has 7 nitrogen and oxygen atoms in total. The Balaban J connectivity index is 1.75. The van der Waals surface area contributed by atoms with Crippen molar-refractivity contribution in [3.8, 4) is 5.69 Å². The van der Waals surface area contributed by atoms with E-state index in [-0.39, 0.29) is 6.54 Å². The van der Waals surface area contributed by atoms with E-state index in [1.165, 1.54) is 6.21 Å². The minimum atomic E-state index is -3.64. The molecule has 0 unspecified atom stereocenters. The van der Waals surface area contributed by atoms with E-state index in [0.717, 1.165) is 33.2 Å². The van der Waals surface area contributed by atoms with Gasteiger partial charge in [0.15, 0.2) is 0 Å². The van der Waals surface area contributed by atoms with Crippen LogP contribution in [-0.2, 0) is 14.8 Å². The van der Waals surface area contributed by atoms with Crippen molar-refractivity contribution in [2.45, 2.75) is 13.8 Å². The number of carbonyl (C=O) groups is 1. The summed E-state index contributed by atoms with van der Waals surface area (Å²) in [5, 5.41) is 5.06. The summed E-state index contributed by atoms with van der Waals surface area (Å²) in [6.45, 7) is 3.44. The number of carbonyl (C=O) groups excluding carboxylic acids is 1. The summed E-state index contributed by atoms with van der Waals surface area (Å²) in [4.78, 5) is 12.4. The first-order chi connectivity index (χ1) is 15.1. The standard InChI is InChI=1S/C22H22Cl2N4O3S/c1-15-11-17(16(2)28(15)21-10-9-18(23)12-20(21)24)13-25-26-22(29)14-27(32(3,30)31)19-7-5-4-6-8-19/h4-13H,14H2,1-3H3,(H,26,29)/b25-13-. The van der Waals surface area contributed by atoms with Crippen LogP contribution in [-0.4, -0.2) is 37.9 Å². The highest BCUT2D eigenvalue weighted by molar-refractivity contribution is 7.92. The second kappa shape index (κ2) is 9.77. The lowest BCUT2D eigenvalue weighted by Gasteiger charge is -2.21. The smallest absolute Gasteiger partial charge is 0.260 e. The Morgan fingerprint density at radius 1 is 1.12 bits per heavy atom. The van der Waals surface area contributed by atoms with Crippen LogP contribution in [0.25, 0.3) is 5.69 Å². The molecule has 0 bridgehead atoms. The number of anilines is 1. The molecule has 0 atom stereocenters. The predicted molar refractivity (Wildman–Crippen MR) is 130 cm³/mol. The number of hydrogen-bond donors (Lipinski definition) is 1. The number of halogens is 2. The summed E-state index contributed by atoms with van der Waals surface area (Å²) in [5.41, 5.74) is 6.13. The third kappa shape index (κ3) is 5.51. The van der Waals surface area contributed by atoms with Gasteiger partial charge >= 0.3 is 0 Å². The van der Waals surface area contributed by atoms with Gasteiger partial charge < -0.3 is 4.57 Å². The Morgan fingerprint density at radius 2 is 1.81 bits per heavy atom. The fourth-order valence-electron chi connectivity index (χ4n) is 3.29. The van der Waals surface area contributed by atoms with Crippen LogP contribution in [0.1, 0.15) is 17.0 Å². The number of aryl methyl sites for hydroxylation is 1. The molecule has 0 radical (unpaired) electrons. The second-order valence-electron chi connectivity index (χ2n) is 7.16. The van der Waals surface area contributed by atoms with Crippen molar-refractivity contribution < 1.29 is 13.2 Å². The van der Waals surface area contributed by atoms with Crippen LogP contribution in [0.2, 0.25) is 10.0 Å². The number of rotatable bonds is 7. The largest absolute Gasteiger partial charge is 0.316 e. The van der Waals surface area contributed by atoms with Crippen LogP contribution in [0.3, 0.4) is 0 Å². The van der Waals surface area contributed by atoms with E-state index in [1.807, 2.05) is 30.5 Å². The molecule has 3 rings (SSSR count). The molecule has 0 aliphatic rings. The Kier molecular flexibility index (Phi) is 7.28. The highest BCUT2D eigenvalue weighted by Crippen LogP contribution is 2.28. The fourth-order valence-corrected chi connectivity index (χ4v) is 4.63. The normalized spacial score (nSPS) is 11.7. The molecule has 32 heavy (non-hydrogen) atoms. The predicted octanol–water partition coefficient (Wildman–Crippen LogP) is 4.32. The van der Waals surface area contributed by atoms with E-state index >= 15 is 0 Å². The SMILES string of the molecule is Cc1cc(/C=N\NC(=O)CN(c2ccccc2)S(C)(=O)=O)c(C)n1-c1ccc(Cl)cc1Cl. The van der Waals surface area contributed by atoms with Crippen molar-refractivity contribution in [2.75, 3.05) is 17.1 Å². The third-order valence-electron chi connectivity index (χ3n) is 4.75. The van der Waals surface area contributed by atoms with Gasteiger partial charge in [-0.1, -0.05) is 41.4 Å². The quantitative estimate of drug-likeness (QED) is 0.393. The summed E-state index contributed by atoms with van der Waals surface area (Å²) in [7, 11) is -3.64. The number of benzene rings is 2. The minimum absolute atomic E-state index is 0.389. The number of amides is 1. The van der Waals surface area contributed by atoms with E-state index in [4.69, 9.17) is 23.2 Å². The lowest BCUT2D eigenvalue weighted by Crippen LogP contribution is -2.38. The molecule has 10 heteroatoms. The van der Waals surface area contributed by atoms with Crippen molar-refractivity contribution >= 4 is 51.0 Å². The topological polar surface area (TPSA) is 83.8 Å². The average molecular weight is 493 g/mol. The first kappa shape index (κ1) is 23.8. The molecular formula is C22H22Cl2N4O3S. The van der Waals surface area contributed by atoms with E-state index in [9.17, 15) is 13.2 Å². The maximum Gasteiger partial charge on any atom is 0.260 e. The van der Waals surface area contributed by atoms with Crippen molar-refractivity contribution in [1.29, 1.82) is 0 Å². The molecule has 2 aromatic carbocycles. The minimum Gasteiger partial charge on any atom is -0.316 e. The number of aromatic nitrogens is 1. The summed E-state index contributed by atoms with van der Waals surface area (Å²) in [6, 6.07) is 15.6. The van der Waals surface area contributed by atoms with Gasteiger partial charge in [0.1, 0.15) is 6.54 Å². The van der Waals surface area contributed by atoms with Gasteiger partial charge in [0, 0.05) is 22.0 Å². The van der Waals surface area contributed by atoms with Crippen LogP contribution in [0.15, 0.2) is 59.7 Å². The summed E-state index contributed by atoms with van der Waals surface area (Å²) in [5.74, 6) is -0.565. The van der Waals surface area contributed by atoms with Gasteiger partial charge in [0.25, 0.3) is 5.91 Å². The molecule has 168 valence electrons. The van der Waals surface area contributed by atoms with Crippen molar-refractivity contribution in [3.05, 3.63) is 81.6 Å². The maximum atomic E-state index is 12.4. The van der Waals surface area contributed by atoms with Gasteiger partial charge in [-0.25, -0.2) is 13.8 Å². The summed E-state index contributed by atoms with van der Waals surface area (Å²) in [6.07, 6.45) is 2.56. The Hall–Kier alpha value is -2.81. The molecule has 0 saturated heterocycles. The monoisotopic (exact) mass is 492 g/mol. The fraction of sp³-hybridized carbons (Fsp3) is 0.182. The molecule has 0 fully saturated rings. The van der Waals surface area contributed by atoms with E-state index < -0.39 is 15.9 Å². The van der Waals surface area contributed by atoms with E-state index in [0.29, 0.717) is 15.7 Å². The molecule has 3 aromatic rings. The van der Waals surface area contributed by atoms with E-state index in [2.05, 4.69) is 10.5 Å². The molecular weight excluding hydrogens is 471 g/mol. The summed E-state index contributed by atoms with van der Waals surface area (Å²) < 4.78 is 27.2. The van der Waals surface area contributed by atoms with Gasteiger partial charge in [-0.15, -0.1) is 0 Å². The van der Waals surface area contributed by atoms with Crippen LogP contribution >= 0.6 is 23.2 Å². The molecule has 1 aromatic heterocycles. The molecule has 0 aliphatic heterocycles. The van der Waals surface area contributed by atoms with Gasteiger partial charge in [-0.2, -0.15) is 5.10 Å². The molecule has 0 spiro atoms. The first-order valence-electron chi connectivity index (χ1n) is 9.57. The van der Waals surface area contributed by atoms with Gasteiger partial charge in [-0.05, 0) is 50.2 Å². The van der Waals surface area contributed by atoms with Crippen LogP contribution in [0, 0.1) is 13.8 Å². The first-order valence-corrected chi connectivity index (χ1v) is 12.2. The van der Waals surface area contributed by atoms with Crippen LogP contribution in [0.4, 0.5) is 5.69 Å². The lowest BCUT2D eigenvalue weighted by atomic mass is 10.2. The zero-order chi connectivity index (χ0) is 23.5. The number of sulfonamides is 1. The molecule has 1 N–H and O–H groups in total. The average Bonchev–Trinajstić information content (AvgIpc) is 2.99. The van der Waals surface area contributed by atoms with Crippen LogP contribution in [0.5, 0.6) is 0 Å². The highest BCUT2D eigenvalue weighted by atomic mass is 35.5. The Morgan fingerprint density at radius 3 is 2.44 bits per heavy atom. The molecule has 0 saturated carbocycles. The van der Waals surface area contributed by atoms with Gasteiger partial charge in [0.05, 0.1) is 28.9 Å². The zero-order valence-corrected chi connectivity index (χ0v) is 20.0. The lowest BCUT2D eigenvalue weighted by molar-refractivity contribution is -0.119. The molecule has 1 amide bonds. The number of nitrogens with one attached hydrogen (secondary N) is 1.